The summed E-state index contributed by atoms with van der Waals surface area (Å²) in [5, 5.41) is 15.4. The lowest BCUT2D eigenvalue weighted by Gasteiger charge is -2.23. The third kappa shape index (κ3) is 73.0. The maximum absolute atomic E-state index is 12.5. The topological polar surface area (TPSA) is 135 Å². The molecule has 0 fully saturated rings. The molecule has 0 unspecified atom stereocenters. The zero-order chi connectivity index (χ0) is 60.8. The maximum atomic E-state index is 12.5. The fourth-order valence-corrected chi connectivity index (χ4v) is 16.7. The molecule has 0 saturated heterocycles. The van der Waals surface area contributed by atoms with Crippen molar-refractivity contribution in [2.45, 2.75) is 229 Å². The van der Waals surface area contributed by atoms with Gasteiger partial charge in [0.1, 0.15) is 0 Å². The number of hydrogen-bond donors (Lipinski definition) is 5. The summed E-state index contributed by atoms with van der Waals surface area (Å²) in [5.74, 6) is 12.3. The van der Waals surface area contributed by atoms with E-state index in [-0.39, 0.29) is 23.6 Å². The van der Waals surface area contributed by atoms with E-state index in [4.69, 9.17) is 0 Å². The molecule has 11 nitrogen and oxygen atoms in total. The van der Waals surface area contributed by atoms with E-state index >= 15 is 0 Å². The van der Waals surface area contributed by atoms with E-state index < -0.39 is 0 Å². The van der Waals surface area contributed by atoms with Gasteiger partial charge in [-0.1, -0.05) is 251 Å². The predicted octanol–water partition coefficient (Wildman–Crippen LogP) is 16.6. The van der Waals surface area contributed by atoms with Gasteiger partial charge in [-0.2, -0.15) is 0 Å². The second-order valence-electron chi connectivity index (χ2n) is 23.6. The summed E-state index contributed by atoms with van der Waals surface area (Å²) in [7, 11) is 17.3. The van der Waals surface area contributed by atoms with Gasteiger partial charge >= 0.3 is 0 Å². The van der Waals surface area contributed by atoms with Crippen molar-refractivity contribution in [3.63, 3.8) is 0 Å². The van der Waals surface area contributed by atoms with Gasteiger partial charge in [-0.15, -0.1) is 0 Å². The zero-order valence-electron chi connectivity index (χ0n) is 54.4. The molecule has 0 aliphatic carbocycles. The number of carbonyl (C=O) groups excluding carboxylic acids is 4. The largest absolute Gasteiger partial charge is 0.355 e. The SMILES string of the molecule is CC(C)CCCCCCSSCCNC(=O)CCNCCC(=O)NCCSSCCCCCCC(C)C.CCCN(C)CCCN(CCC(=O)NCCSSCCCCCCC(C)C)CCC(=O)NCCSSCCCCCCC(C)C. The first-order valence-corrected chi connectivity index (χ1v) is 42.8. The van der Waals surface area contributed by atoms with Crippen LogP contribution in [0.5, 0.6) is 0 Å². The first-order chi connectivity index (χ1) is 39.7. The lowest BCUT2D eigenvalue weighted by atomic mass is 10.0. The molecular formula is C63H129N7O4S8. The van der Waals surface area contributed by atoms with Gasteiger partial charge in [0.15, 0.2) is 0 Å². The van der Waals surface area contributed by atoms with Crippen LogP contribution in [0.3, 0.4) is 0 Å². The predicted molar refractivity (Wildman–Crippen MR) is 384 cm³/mol. The van der Waals surface area contributed by atoms with E-state index in [1.165, 1.54) is 151 Å². The highest BCUT2D eigenvalue weighted by Gasteiger charge is 2.12. The van der Waals surface area contributed by atoms with Crippen molar-refractivity contribution in [2.24, 2.45) is 23.7 Å². The van der Waals surface area contributed by atoms with Crippen molar-refractivity contribution in [1.82, 2.24) is 36.4 Å². The molecule has 82 heavy (non-hydrogen) atoms. The third-order valence-electron chi connectivity index (χ3n) is 13.4. The number of hydrogen-bond acceptors (Lipinski definition) is 15. The van der Waals surface area contributed by atoms with Crippen molar-refractivity contribution in [3.8, 4) is 0 Å². The highest BCUT2D eigenvalue weighted by molar-refractivity contribution is 8.77. The first kappa shape index (κ1) is 84.6. The van der Waals surface area contributed by atoms with Crippen LogP contribution in [0.25, 0.3) is 0 Å². The molecule has 0 radical (unpaired) electrons. The van der Waals surface area contributed by atoms with Crippen LogP contribution < -0.4 is 26.6 Å². The van der Waals surface area contributed by atoms with Gasteiger partial charge in [-0.25, -0.2) is 0 Å². The third-order valence-corrected chi connectivity index (χ3v) is 23.4. The Balaban J connectivity index is 0. The molecule has 0 aliphatic heterocycles. The second-order valence-corrected chi connectivity index (χ2v) is 34.4. The molecule has 488 valence electrons. The van der Waals surface area contributed by atoms with Crippen LogP contribution in [0.1, 0.15) is 229 Å². The van der Waals surface area contributed by atoms with Crippen LogP contribution in [-0.4, -0.2) is 158 Å². The molecule has 0 spiro atoms. The number of amides is 4. The van der Waals surface area contributed by atoms with Crippen molar-refractivity contribution in [2.75, 3.05) is 125 Å². The molecule has 0 rings (SSSR count). The van der Waals surface area contributed by atoms with E-state index in [1.807, 2.05) is 86.4 Å². The molecule has 0 bridgehead atoms. The van der Waals surface area contributed by atoms with Crippen LogP contribution in [-0.2, 0) is 19.2 Å². The van der Waals surface area contributed by atoms with Crippen molar-refractivity contribution >= 4 is 110 Å². The van der Waals surface area contributed by atoms with Crippen molar-refractivity contribution in [1.29, 1.82) is 0 Å². The summed E-state index contributed by atoms with van der Waals surface area (Å²) < 4.78 is 0. The molecule has 0 aromatic rings. The Morgan fingerprint density at radius 2 is 0.598 bits per heavy atom. The minimum Gasteiger partial charge on any atom is -0.355 e. The lowest BCUT2D eigenvalue weighted by molar-refractivity contribution is -0.122. The normalized spacial score (nSPS) is 11.6. The molecule has 0 saturated carbocycles. The van der Waals surface area contributed by atoms with E-state index in [2.05, 4.69) is 106 Å². The van der Waals surface area contributed by atoms with Crippen LogP contribution in [0, 0.1) is 23.7 Å². The summed E-state index contributed by atoms with van der Waals surface area (Å²) in [5.41, 5.74) is 0. The zero-order valence-corrected chi connectivity index (χ0v) is 61.0. The molecular weight excluding hydrogens is 1180 g/mol. The lowest BCUT2D eigenvalue weighted by Crippen LogP contribution is -2.36. The number of unbranched alkanes of at least 4 members (excludes halogenated alkanes) is 12. The van der Waals surface area contributed by atoms with E-state index in [0.717, 1.165) is 105 Å². The van der Waals surface area contributed by atoms with E-state index in [1.54, 1.807) is 0 Å². The van der Waals surface area contributed by atoms with Gasteiger partial charge in [0.2, 0.25) is 23.6 Å². The summed E-state index contributed by atoms with van der Waals surface area (Å²) in [4.78, 5) is 53.6. The molecule has 0 aliphatic rings. The summed E-state index contributed by atoms with van der Waals surface area (Å²) in [6.45, 7) is 29.2. The number of rotatable bonds is 62. The molecule has 19 heteroatoms. The fraction of sp³-hybridized carbons (Fsp3) is 0.937. The van der Waals surface area contributed by atoms with Gasteiger partial charge < -0.3 is 36.4 Å². The van der Waals surface area contributed by atoms with Gasteiger partial charge in [0.25, 0.3) is 0 Å². The molecule has 0 atom stereocenters. The second kappa shape index (κ2) is 67.5. The Hall–Kier alpha value is 0.560. The number of carbonyl (C=O) groups is 4. The number of nitrogens with zero attached hydrogens (tertiary/aromatic N) is 2. The Morgan fingerprint density at radius 3 is 0.890 bits per heavy atom. The summed E-state index contributed by atoms with van der Waals surface area (Å²) in [6, 6.07) is 0. The van der Waals surface area contributed by atoms with Crippen molar-refractivity contribution < 1.29 is 19.2 Å². The standard InChI is InChI=1S/C35H72N4O2S4.C28H57N3O2S4/c1-7-23-38(6)24-16-25-39(26-19-34(40)36-21-30-44-42-28-14-10-8-12-17-32(2)3)27-20-35(41)37-22-31-45-43-29-15-11-9-13-18-33(4)5;1-25(2)13-9-5-7-11-21-34-36-23-19-30-27(32)15-17-29-18-16-28(33)31-20-24-37-35-22-12-8-6-10-14-26(3)4/h32-33H,7-31H2,1-6H3,(H,36,40)(H,37,41);25-26,29H,5-24H2,1-4H3,(H,30,32)(H,31,33). The van der Waals surface area contributed by atoms with Crippen LogP contribution in [0.4, 0.5) is 0 Å². The van der Waals surface area contributed by atoms with Crippen molar-refractivity contribution in [3.05, 3.63) is 0 Å². The van der Waals surface area contributed by atoms with Gasteiger partial charge in [-0.3, -0.25) is 19.2 Å². The summed E-state index contributed by atoms with van der Waals surface area (Å²) >= 11 is 0. The Kier molecular flexibility index (Phi) is 69.6. The highest BCUT2D eigenvalue weighted by Crippen LogP contribution is 2.25. The quantitative estimate of drug-likeness (QED) is 0.0292. The number of nitrogens with one attached hydrogen (secondary N) is 5. The molecule has 0 aromatic heterocycles. The Bertz CT molecular complexity index is 1310. The minimum atomic E-state index is 0.0813. The first-order valence-electron chi connectivity index (χ1n) is 32.8. The Labute approximate surface area is 539 Å². The molecule has 0 aromatic carbocycles. The van der Waals surface area contributed by atoms with Gasteiger partial charge in [-0.05, 0) is 88.9 Å². The minimum absolute atomic E-state index is 0.0813. The Morgan fingerprint density at radius 1 is 0.317 bits per heavy atom. The van der Waals surface area contributed by atoms with Crippen LogP contribution >= 0.6 is 86.4 Å². The van der Waals surface area contributed by atoms with Crippen LogP contribution in [0.15, 0.2) is 0 Å². The van der Waals surface area contributed by atoms with E-state index in [9.17, 15) is 19.2 Å². The monoisotopic (exact) mass is 1300 g/mol. The smallest absolute Gasteiger partial charge is 0.221 e. The average Bonchev–Trinajstić information content (AvgIpc) is 3.43. The fourth-order valence-electron chi connectivity index (χ4n) is 8.46. The van der Waals surface area contributed by atoms with Gasteiger partial charge in [0.05, 0.1) is 0 Å². The molecule has 5 N–H and O–H groups in total. The molecule has 0 heterocycles. The van der Waals surface area contributed by atoms with Gasteiger partial charge in [0, 0.05) is 124 Å². The summed E-state index contributed by atoms with van der Waals surface area (Å²) in [6.07, 6.45) is 30.9. The average molecular weight is 1310 g/mol. The van der Waals surface area contributed by atoms with E-state index in [0.29, 0.717) is 51.9 Å². The highest BCUT2D eigenvalue weighted by atomic mass is 33.1. The maximum Gasteiger partial charge on any atom is 0.221 e. The molecule has 4 amide bonds. The van der Waals surface area contributed by atoms with Crippen LogP contribution in [0.2, 0.25) is 0 Å².